The largest absolute Gasteiger partial charge is 0.341 e. The fourth-order valence-corrected chi connectivity index (χ4v) is 4.68. The van der Waals surface area contributed by atoms with E-state index < -0.39 is 0 Å². The van der Waals surface area contributed by atoms with Gasteiger partial charge in [-0.3, -0.25) is 14.0 Å². The molecule has 152 valence electrons. The van der Waals surface area contributed by atoms with Crippen molar-refractivity contribution in [1.29, 1.82) is 0 Å². The number of fused-ring (bicyclic) bond motifs is 2. The zero-order valence-electron chi connectivity index (χ0n) is 16.2. The number of pyridine rings is 1. The van der Waals surface area contributed by atoms with Crippen molar-refractivity contribution in [2.24, 2.45) is 0 Å². The summed E-state index contributed by atoms with van der Waals surface area (Å²) in [5.41, 5.74) is 1.26. The van der Waals surface area contributed by atoms with Gasteiger partial charge < -0.3 is 9.88 Å². The molecular formula is C21H20N6O2S. The van der Waals surface area contributed by atoms with E-state index in [1.54, 1.807) is 18.2 Å². The van der Waals surface area contributed by atoms with E-state index in [0.29, 0.717) is 22.6 Å². The molecule has 0 aliphatic carbocycles. The topological polar surface area (TPSA) is 96.2 Å². The van der Waals surface area contributed by atoms with Crippen LogP contribution in [-0.4, -0.2) is 54.2 Å². The molecular weight excluding hydrogens is 400 g/mol. The lowest BCUT2D eigenvalue weighted by Gasteiger charge is -2.31. The van der Waals surface area contributed by atoms with E-state index in [1.807, 2.05) is 39.8 Å². The quantitative estimate of drug-likeness (QED) is 0.402. The monoisotopic (exact) mass is 420 g/mol. The average molecular weight is 420 g/mol. The summed E-state index contributed by atoms with van der Waals surface area (Å²) in [4.78, 5) is 34.2. The number of nitrogens with zero attached hydrogens (tertiary/aromatic N) is 5. The Hall–Kier alpha value is -3.20. The van der Waals surface area contributed by atoms with Crippen LogP contribution in [0.2, 0.25) is 0 Å². The van der Waals surface area contributed by atoms with Gasteiger partial charge in [0.15, 0.2) is 10.8 Å². The maximum absolute atomic E-state index is 12.8. The minimum atomic E-state index is -0.188. The van der Waals surface area contributed by atoms with Gasteiger partial charge in [0.05, 0.1) is 16.7 Å². The van der Waals surface area contributed by atoms with E-state index in [-0.39, 0.29) is 23.1 Å². The predicted octanol–water partition coefficient (Wildman–Crippen LogP) is 2.46. The van der Waals surface area contributed by atoms with Gasteiger partial charge in [0.2, 0.25) is 5.91 Å². The highest BCUT2D eigenvalue weighted by atomic mass is 32.2. The molecule has 1 atom stereocenters. The van der Waals surface area contributed by atoms with Crippen molar-refractivity contribution in [2.45, 2.75) is 23.9 Å². The normalized spacial score (nSPS) is 16.9. The van der Waals surface area contributed by atoms with Crippen LogP contribution >= 0.6 is 11.8 Å². The zero-order valence-corrected chi connectivity index (χ0v) is 17.0. The summed E-state index contributed by atoms with van der Waals surface area (Å²) in [5, 5.41) is 9.61. The van der Waals surface area contributed by atoms with Crippen molar-refractivity contribution in [1.82, 2.24) is 29.5 Å². The first-order chi connectivity index (χ1) is 14.7. The molecule has 5 rings (SSSR count). The van der Waals surface area contributed by atoms with Gasteiger partial charge in [-0.2, -0.15) is 0 Å². The maximum atomic E-state index is 12.8. The second-order valence-electron chi connectivity index (χ2n) is 7.34. The van der Waals surface area contributed by atoms with Crippen LogP contribution in [0.5, 0.6) is 0 Å². The highest BCUT2D eigenvalue weighted by Gasteiger charge is 2.28. The van der Waals surface area contributed by atoms with Crippen molar-refractivity contribution in [2.75, 3.05) is 18.8 Å². The third-order valence-electron chi connectivity index (χ3n) is 5.40. The Morgan fingerprint density at radius 2 is 2.03 bits per heavy atom. The summed E-state index contributed by atoms with van der Waals surface area (Å²) in [5.74, 6) is 1.32. The Bertz CT molecular complexity index is 1280. The number of hydrogen-bond acceptors (Lipinski definition) is 6. The predicted molar refractivity (Wildman–Crippen MR) is 115 cm³/mol. The average Bonchev–Trinajstić information content (AvgIpc) is 3.22. The molecule has 1 aromatic carbocycles. The Balaban J connectivity index is 1.28. The molecule has 1 amide bonds. The van der Waals surface area contributed by atoms with Gasteiger partial charge in [-0.05, 0) is 37.1 Å². The number of thioether (sulfide) groups is 1. The number of benzene rings is 1. The van der Waals surface area contributed by atoms with Gasteiger partial charge in [0, 0.05) is 25.2 Å². The van der Waals surface area contributed by atoms with Crippen molar-refractivity contribution >= 4 is 34.2 Å². The number of likely N-dealkylation sites (tertiary alicyclic amines) is 1. The summed E-state index contributed by atoms with van der Waals surface area (Å²) in [6.07, 6.45) is 3.86. The third-order valence-corrected chi connectivity index (χ3v) is 6.26. The van der Waals surface area contributed by atoms with E-state index >= 15 is 0 Å². The second-order valence-corrected chi connectivity index (χ2v) is 8.31. The number of nitrogens with one attached hydrogen (secondary N) is 1. The second kappa shape index (κ2) is 7.91. The molecule has 3 aromatic heterocycles. The molecule has 0 bridgehead atoms. The molecule has 30 heavy (non-hydrogen) atoms. The Kier molecular flexibility index (Phi) is 4.96. The van der Waals surface area contributed by atoms with Gasteiger partial charge in [0.25, 0.3) is 5.56 Å². The van der Waals surface area contributed by atoms with Gasteiger partial charge in [0.1, 0.15) is 5.82 Å². The molecule has 1 unspecified atom stereocenters. The van der Waals surface area contributed by atoms with Gasteiger partial charge in [-0.1, -0.05) is 30.0 Å². The molecule has 1 N–H and O–H groups in total. The molecule has 4 aromatic rings. The van der Waals surface area contributed by atoms with Crippen molar-refractivity contribution in [3.05, 3.63) is 64.8 Å². The van der Waals surface area contributed by atoms with Crippen LogP contribution in [0.3, 0.4) is 0 Å². The molecule has 1 aliphatic rings. The van der Waals surface area contributed by atoms with E-state index in [9.17, 15) is 9.59 Å². The Labute approximate surface area is 176 Å². The molecule has 1 fully saturated rings. The Morgan fingerprint density at radius 1 is 1.17 bits per heavy atom. The molecule has 8 nitrogen and oxygen atoms in total. The molecule has 0 saturated carbocycles. The number of rotatable bonds is 4. The highest BCUT2D eigenvalue weighted by molar-refractivity contribution is 7.99. The van der Waals surface area contributed by atoms with Crippen LogP contribution in [0.15, 0.2) is 58.6 Å². The number of para-hydroxylation sites is 1. The molecule has 0 radical (unpaired) electrons. The number of piperidine rings is 1. The third kappa shape index (κ3) is 3.56. The van der Waals surface area contributed by atoms with Gasteiger partial charge in [-0.25, -0.2) is 4.98 Å². The van der Waals surface area contributed by atoms with Crippen LogP contribution < -0.4 is 5.56 Å². The molecule has 0 spiro atoms. The molecule has 1 saturated heterocycles. The number of aromatic nitrogens is 5. The summed E-state index contributed by atoms with van der Waals surface area (Å²) < 4.78 is 2.00. The smallest absolute Gasteiger partial charge is 0.259 e. The van der Waals surface area contributed by atoms with Gasteiger partial charge in [-0.15, -0.1) is 10.2 Å². The van der Waals surface area contributed by atoms with E-state index in [0.717, 1.165) is 30.9 Å². The first-order valence-corrected chi connectivity index (χ1v) is 10.9. The minimum absolute atomic E-state index is 0.0364. The number of aromatic amines is 1. The fourth-order valence-electron chi connectivity index (χ4n) is 3.91. The summed E-state index contributed by atoms with van der Waals surface area (Å²) >= 11 is 1.26. The standard InChI is InChI=1S/C21H20N6O2S/c28-18(13-30-21-22-16-8-2-1-7-15(16)20(29)23-21)26-10-5-6-14(12-26)19-25-24-17-9-3-4-11-27(17)19/h1-4,7-9,11,14H,5-6,10,12-13H2,(H,22,23,29). The first-order valence-electron chi connectivity index (χ1n) is 9.88. The molecule has 4 heterocycles. The van der Waals surface area contributed by atoms with Gasteiger partial charge >= 0.3 is 0 Å². The first kappa shape index (κ1) is 18.8. The highest BCUT2D eigenvalue weighted by Crippen LogP contribution is 2.27. The maximum Gasteiger partial charge on any atom is 0.259 e. The molecule has 9 heteroatoms. The lowest BCUT2D eigenvalue weighted by molar-refractivity contribution is -0.129. The zero-order chi connectivity index (χ0) is 20.5. The minimum Gasteiger partial charge on any atom is -0.341 e. The number of amides is 1. The van der Waals surface area contributed by atoms with Crippen LogP contribution in [0.25, 0.3) is 16.6 Å². The number of H-pyrrole nitrogens is 1. The SMILES string of the molecule is O=C(CSc1nc2ccccc2c(=O)[nH]1)N1CCCC(c2nnc3ccccn23)C1. The van der Waals surface area contributed by atoms with Crippen molar-refractivity contribution < 1.29 is 4.79 Å². The lowest BCUT2D eigenvalue weighted by atomic mass is 9.97. The molecule has 1 aliphatic heterocycles. The van der Waals surface area contributed by atoms with Crippen LogP contribution in [0.1, 0.15) is 24.6 Å². The van der Waals surface area contributed by atoms with E-state index in [4.69, 9.17) is 0 Å². The van der Waals surface area contributed by atoms with E-state index in [2.05, 4.69) is 20.2 Å². The summed E-state index contributed by atoms with van der Waals surface area (Å²) in [6, 6.07) is 13.0. The van der Waals surface area contributed by atoms with Crippen LogP contribution in [0.4, 0.5) is 0 Å². The van der Waals surface area contributed by atoms with Crippen LogP contribution in [-0.2, 0) is 4.79 Å². The lowest BCUT2D eigenvalue weighted by Crippen LogP contribution is -2.40. The number of carbonyl (C=O) groups is 1. The Morgan fingerprint density at radius 3 is 2.97 bits per heavy atom. The van der Waals surface area contributed by atoms with Crippen molar-refractivity contribution in [3.63, 3.8) is 0 Å². The fraction of sp³-hybridized carbons (Fsp3) is 0.286. The van der Waals surface area contributed by atoms with E-state index in [1.165, 1.54) is 11.8 Å². The summed E-state index contributed by atoms with van der Waals surface area (Å²) in [7, 11) is 0. The number of hydrogen-bond donors (Lipinski definition) is 1. The van der Waals surface area contributed by atoms with Crippen LogP contribution in [0, 0.1) is 0 Å². The number of carbonyl (C=O) groups excluding carboxylic acids is 1. The van der Waals surface area contributed by atoms with Crippen molar-refractivity contribution in [3.8, 4) is 0 Å². The summed E-state index contributed by atoms with van der Waals surface area (Å²) in [6.45, 7) is 1.35.